The molecule has 4 rings (SSSR count). The molecule has 0 saturated carbocycles. The van der Waals surface area contributed by atoms with Gasteiger partial charge in [0, 0.05) is 37.3 Å². The minimum Gasteiger partial charge on any atom is -0.465 e. The minimum absolute atomic E-state index is 0.118. The molecule has 0 bridgehead atoms. The number of fused-ring (bicyclic) bond motifs is 1. The van der Waals surface area contributed by atoms with Crippen molar-refractivity contribution >= 4 is 17.2 Å². The molecule has 1 aliphatic heterocycles. The average molecular weight is 384 g/mol. The molecule has 0 spiro atoms. The predicted molar refractivity (Wildman–Crippen MR) is 100 cm³/mol. The van der Waals surface area contributed by atoms with Gasteiger partial charge < -0.3 is 14.1 Å². The number of benzene rings is 1. The van der Waals surface area contributed by atoms with Crippen LogP contribution in [0.1, 0.15) is 22.8 Å². The van der Waals surface area contributed by atoms with E-state index in [9.17, 15) is 13.6 Å². The van der Waals surface area contributed by atoms with Crippen molar-refractivity contribution in [2.24, 2.45) is 0 Å². The zero-order valence-corrected chi connectivity index (χ0v) is 15.5. The number of esters is 1. The van der Waals surface area contributed by atoms with Gasteiger partial charge in [0.25, 0.3) is 0 Å². The number of aromatic nitrogens is 2. The summed E-state index contributed by atoms with van der Waals surface area (Å²) in [6.45, 7) is 1.91. The van der Waals surface area contributed by atoms with Crippen LogP contribution in [-0.2, 0) is 4.74 Å². The lowest BCUT2D eigenvalue weighted by Gasteiger charge is -2.14. The van der Waals surface area contributed by atoms with Gasteiger partial charge in [0.2, 0.25) is 0 Å². The van der Waals surface area contributed by atoms with E-state index < -0.39 is 17.6 Å². The molecule has 1 N–H and O–H groups in total. The van der Waals surface area contributed by atoms with E-state index in [0.29, 0.717) is 22.5 Å². The van der Waals surface area contributed by atoms with Crippen LogP contribution in [0.4, 0.5) is 8.78 Å². The summed E-state index contributed by atoms with van der Waals surface area (Å²) in [5.41, 5.74) is 5.68. The van der Waals surface area contributed by atoms with Crippen LogP contribution in [0.3, 0.4) is 0 Å². The quantitative estimate of drug-likeness (QED) is 0.703. The summed E-state index contributed by atoms with van der Waals surface area (Å²) in [5.74, 6) is -1.84. The molecule has 1 unspecified atom stereocenters. The van der Waals surface area contributed by atoms with E-state index in [1.807, 2.05) is 14.0 Å². The van der Waals surface area contributed by atoms with Crippen LogP contribution < -0.4 is 5.43 Å². The molecule has 144 valence electrons. The van der Waals surface area contributed by atoms with E-state index in [1.165, 1.54) is 13.2 Å². The second-order valence-electron chi connectivity index (χ2n) is 6.65. The number of halogens is 2. The Balaban J connectivity index is 1.89. The predicted octanol–water partition coefficient (Wildman–Crippen LogP) is 3.25. The highest BCUT2D eigenvalue weighted by molar-refractivity contribution is 5.90. The molecule has 0 radical (unpaired) electrons. The van der Waals surface area contributed by atoms with Crippen LogP contribution in [0, 0.1) is 11.6 Å². The second-order valence-corrected chi connectivity index (χ2v) is 6.65. The number of nitrogens with zero attached hydrogens (tertiary/aromatic N) is 3. The number of ether oxygens (including phenoxy) is 1. The van der Waals surface area contributed by atoms with Crippen molar-refractivity contribution in [1.82, 2.24) is 19.8 Å². The maximum Gasteiger partial charge on any atom is 0.338 e. The number of methoxy groups -OCH3 is 1. The molecular formula is C20H18F2N4O2. The van der Waals surface area contributed by atoms with E-state index in [4.69, 9.17) is 4.74 Å². The zero-order chi connectivity index (χ0) is 20.0. The lowest BCUT2D eigenvalue weighted by atomic mass is 9.94. The Morgan fingerprint density at radius 1 is 1.29 bits per heavy atom. The van der Waals surface area contributed by atoms with Gasteiger partial charge in [-0.15, -0.1) is 0 Å². The van der Waals surface area contributed by atoms with E-state index in [-0.39, 0.29) is 11.6 Å². The van der Waals surface area contributed by atoms with Gasteiger partial charge in [0.05, 0.1) is 24.4 Å². The Morgan fingerprint density at radius 3 is 2.75 bits per heavy atom. The Kier molecular flexibility index (Phi) is 4.35. The van der Waals surface area contributed by atoms with Crippen molar-refractivity contribution in [2.45, 2.75) is 13.0 Å². The Hall–Kier alpha value is -3.26. The van der Waals surface area contributed by atoms with Gasteiger partial charge in [-0.25, -0.2) is 24.0 Å². The summed E-state index contributed by atoms with van der Waals surface area (Å²) in [6.07, 6.45) is 5.09. The lowest BCUT2D eigenvalue weighted by molar-refractivity contribution is 0.0600. The van der Waals surface area contributed by atoms with Crippen LogP contribution in [0.5, 0.6) is 0 Å². The zero-order valence-electron chi connectivity index (χ0n) is 15.5. The van der Waals surface area contributed by atoms with Crippen molar-refractivity contribution < 1.29 is 18.3 Å². The number of pyridine rings is 1. The molecule has 1 atom stereocenters. The van der Waals surface area contributed by atoms with E-state index in [0.717, 1.165) is 11.6 Å². The first-order chi connectivity index (χ1) is 13.4. The van der Waals surface area contributed by atoms with Gasteiger partial charge in [-0.3, -0.25) is 0 Å². The summed E-state index contributed by atoms with van der Waals surface area (Å²) in [5, 5.41) is 1.75. The number of imidazole rings is 1. The molecule has 6 nitrogen and oxygen atoms in total. The number of hydrogen-bond acceptors (Lipinski definition) is 5. The van der Waals surface area contributed by atoms with Gasteiger partial charge in [-0.05, 0) is 36.3 Å². The molecule has 1 aliphatic rings. The van der Waals surface area contributed by atoms with Gasteiger partial charge >= 0.3 is 5.97 Å². The van der Waals surface area contributed by atoms with Gasteiger partial charge in [0.15, 0.2) is 0 Å². The normalized spacial score (nSPS) is 16.5. The summed E-state index contributed by atoms with van der Waals surface area (Å²) in [4.78, 5) is 16.2. The molecule has 2 aromatic heterocycles. The van der Waals surface area contributed by atoms with Crippen LogP contribution in [0.15, 0.2) is 42.9 Å². The van der Waals surface area contributed by atoms with Crippen molar-refractivity contribution in [3.8, 4) is 11.3 Å². The lowest BCUT2D eigenvalue weighted by Crippen LogP contribution is -2.30. The van der Waals surface area contributed by atoms with E-state index in [1.54, 1.807) is 40.1 Å². The molecular weight excluding hydrogens is 366 g/mol. The number of nitrogens with one attached hydrogen (secondary N) is 1. The number of hydrazine groups is 1. The first kappa shape index (κ1) is 18.1. The Labute approximate surface area is 160 Å². The molecule has 3 heterocycles. The van der Waals surface area contributed by atoms with Gasteiger partial charge in [-0.1, -0.05) is 0 Å². The summed E-state index contributed by atoms with van der Waals surface area (Å²) >= 11 is 0. The highest BCUT2D eigenvalue weighted by atomic mass is 19.1. The molecule has 0 aliphatic carbocycles. The number of carbonyl (C=O) groups excluding carboxylic acids is 1. The summed E-state index contributed by atoms with van der Waals surface area (Å²) in [7, 11) is 3.11. The number of carbonyl (C=O) groups is 1. The van der Waals surface area contributed by atoms with Crippen molar-refractivity contribution in [3.63, 3.8) is 0 Å². The molecule has 3 aromatic rings. The van der Waals surface area contributed by atoms with Crippen LogP contribution >= 0.6 is 0 Å². The van der Waals surface area contributed by atoms with Crippen molar-refractivity contribution in [1.29, 1.82) is 0 Å². The van der Waals surface area contributed by atoms with Crippen molar-refractivity contribution in [2.75, 3.05) is 14.2 Å². The summed E-state index contributed by atoms with van der Waals surface area (Å²) in [6, 6.07) is 5.19. The molecule has 28 heavy (non-hydrogen) atoms. The van der Waals surface area contributed by atoms with Gasteiger partial charge in [0.1, 0.15) is 17.3 Å². The second kappa shape index (κ2) is 6.72. The highest BCUT2D eigenvalue weighted by Crippen LogP contribution is 2.35. The fourth-order valence-corrected chi connectivity index (χ4v) is 3.44. The standard InChI is InChI=1S/C20H18F2N4O2/c1-11-15(9-25(2)24-11)14-7-13(21)8-16(22)19(14)17-10-26-5-4-12(20(27)28-3)6-18(26)23-17/h4-11,24H,1-3H3. The highest BCUT2D eigenvalue weighted by Gasteiger charge is 2.25. The monoisotopic (exact) mass is 384 g/mol. The SMILES string of the molecule is COC(=O)c1ccn2cc(-c3c(F)cc(F)cc3C3=CN(C)NC3C)nc2c1. The third-order valence-corrected chi connectivity index (χ3v) is 4.70. The average Bonchev–Trinajstić information content (AvgIpc) is 3.21. The molecule has 8 heteroatoms. The topological polar surface area (TPSA) is 58.9 Å². The third-order valence-electron chi connectivity index (χ3n) is 4.70. The smallest absolute Gasteiger partial charge is 0.338 e. The summed E-state index contributed by atoms with van der Waals surface area (Å²) < 4.78 is 35.2. The maximum atomic E-state index is 14.8. The molecule has 1 aromatic carbocycles. The fourth-order valence-electron chi connectivity index (χ4n) is 3.44. The Morgan fingerprint density at radius 2 is 2.07 bits per heavy atom. The molecule has 0 amide bonds. The Bertz CT molecular complexity index is 1120. The van der Waals surface area contributed by atoms with Crippen LogP contribution in [0.2, 0.25) is 0 Å². The third kappa shape index (κ3) is 3.01. The number of rotatable bonds is 3. The first-order valence-electron chi connectivity index (χ1n) is 8.65. The van der Waals surface area contributed by atoms with E-state index in [2.05, 4.69) is 10.4 Å². The minimum atomic E-state index is -0.700. The largest absolute Gasteiger partial charge is 0.465 e. The number of hydrogen-bond donors (Lipinski definition) is 1. The van der Waals surface area contributed by atoms with Crippen molar-refractivity contribution in [3.05, 3.63) is 65.6 Å². The van der Waals surface area contributed by atoms with Crippen LogP contribution in [0.25, 0.3) is 22.5 Å². The molecule has 0 saturated heterocycles. The molecule has 0 fully saturated rings. The maximum absolute atomic E-state index is 14.8. The van der Waals surface area contributed by atoms with E-state index >= 15 is 0 Å². The van der Waals surface area contributed by atoms with Crippen LogP contribution in [-0.4, -0.2) is 40.6 Å². The van der Waals surface area contributed by atoms with Gasteiger partial charge in [-0.2, -0.15) is 0 Å². The first-order valence-corrected chi connectivity index (χ1v) is 8.65. The fraction of sp³-hybridized carbons (Fsp3) is 0.200.